The minimum Gasteiger partial charge on any atom is -0.290 e. The molecule has 0 aromatic heterocycles. The first-order valence-electron chi connectivity index (χ1n) is 10.7. The molecule has 0 unspecified atom stereocenters. The van der Waals surface area contributed by atoms with Gasteiger partial charge in [0.05, 0.1) is 11.8 Å². The monoisotopic (exact) mass is 432 g/mol. The quantitative estimate of drug-likeness (QED) is 0.542. The molecule has 0 N–H and O–H groups in total. The number of hydrogen-bond donors (Lipinski definition) is 0. The van der Waals surface area contributed by atoms with E-state index in [4.69, 9.17) is 11.6 Å². The van der Waals surface area contributed by atoms with Crippen LogP contribution in [0.1, 0.15) is 16.8 Å². The van der Waals surface area contributed by atoms with Crippen molar-refractivity contribution < 1.29 is 14.4 Å². The van der Waals surface area contributed by atoms with E-state index in [1.165, 1.54) is 9.80 Å². The van der Waals surface area contributed by atoms with Gasteiger partial charge in [0.15, 0.2) is 0 Å². The lowest BCUT2D eigenvalue weighted by Crippen LogP contribution is -2.45. The Morgan fingerprint density at radius 3 is 2.06 bits per heavy atom. The van der Waals surface area contributed by atoms with E-state index in [0.29, 0.717) is 28.1 Å². The second-order valence-electron chi connectivity index (χ2n) is 8.98. The second-order valence-corrected chi connectivity index (χ2v) is 9.41. The van der Waals surface area contributed by atoms with Crippen molar-refractivity contribution in [3.05, 3.63) is 77.3 Å². The van der Waals surface area contributed by atoms with Gasteiger partial charge < -0.3 is 0 Å². The molecule has 6 heteroatoms. The summed E-state index contributed by atoms with van der Waals surface area (Å²) in [7, 11) is 0. The van der Waals surface area contributed by atoms with Crippen molar-refractivity contribution in [2.75, 3.05) is 11.6 Å². The van der Waals surface area contributed by atoms with Gasteiger partial charge in [-0.05, 0) is 66.5 Å². The Bertz CT molecular complexity index is 1080. The van der Waals surface area contributed by atoms with Crippen LogP contribution in [0.25, 0.3) is 0 Å². The van der Waals surface area contributed by atoms with Crippen molar-refractivity contribution in [2.45, 2.75) is 6.42 Å². The van der Waals surface area contributed by atoms with Crippen LogP contribution in [0.3, 0.4) is 0 Å². The van der Waals surface area contributed by atoms with E-state index in [9.17, 15) is 14.4 Å². The summed E-state index contributed by atoms with van der Waals surface area (Å²) in [5.41, 5.74) is 1.09. The summed E-state index contributed by atoms with van der Waals surface area (Å²) in [4.78, 5) is 43.0. The Morgan fingerprint density at radius 2 is 1.48 bits per heavy atom. The molecule has 1 saturated heterocycles. The Balaban J connectivity index is 1.34. The summed E-state index contributed by atoms with van der Waals surface area (Å²) in [6.07, 6.45) is 5.43. The fraction of sp³-hybridized carbons (Fsp3) is 0.320. The number of nitrogens with zero attached hydrogens (tertiary/aromatic N) is 2. The number of allylic oxidation sites excluding steroid dienone is 2. The van der Waals surface area contributed by atoms with Gasteiger partial charge in [-0.1, -0.05) is 42.0 Å². The molecule has 2 saturated carbocycles. The zero-order valence-corrected chi connectivity index (χ0v) is 17.5. The molecule has 2 aromatic rings. The van der Waals surface area contributed by atoms with Crippen molar-refractivity contribution in [3.63, 3.8) is 0 Å². The fourth-order valence-electron chi connectivity index (χ4n) is 5.92. The number of carbonyl (C=O) groups excluding carboxylic acids is 3. The molecule has 156 valence electrons. The standard InChI is InChI=1S/C25H21ClN2O3/c26-15-6-8-16(9-7-15)27(23(29)14-4-2-1-3-5-14)13-28-24(30)21-17-10-11-18(20-12-19(17)20)22(21)25(28)31/h1-11,17-22H,12-13H2/t17-,18+,19-,20-,21+,22+/m1/s1. The summed E-state index contributed by atoms with van der Waals surface area (Å²) >= 11 is 6.04. The largest absolute Gasteiger partial charge is 0.290 e. The van der Waals surface area contributed by atoms with Crippen LogP contribution in [0.4, 0.5) is 5.69 Å². The van der Waals surface area contributed by atoms with Crippen LogP contribution in [0, 0.1) is 35.5 Å². The van der Waals surface area contributed by atoms with Crippen LogP contribution in [0.15, 0.2) is 66.7 Å². The number of rotatable bonds is 4. The van der Waals surface area contributed by atoms with Gasteiger partial charge in [0.25, 0.3) is 5.91 Å². The molecule has 1 aliphatic heterocycles. The molecule has 4 aliphatic carbocycles. The highest BCUT2D eigenvalue weighted by molar-refractivity contribution is 6.30. The van der Waals surface area contributed by atoms with E-state index >= 15 is 0 Å². The molecule has 2 bridgehead atoms. The number of benzene rings is 2. The highest BCUT2D eigenvalue weighted by Gasteiger charge is 2.67. The van der Waals surface area contributed by atoms with Gasteiger partial charge in [0, 0.05) is 16.3 Å². The molecule has 1 heterocycles. The van der Waals surface area contributed by atoms with E-state index < -0.39 is 0 Å². The molecule has 6 atom stereocenters. The van der Waals surface area contributed by atoms with Crippen molar-refractivity contribution in [1.29, 1.82) is 0 Å². The molecular weight excluding hydrogens is 412 g/mol. The lowest BCUT2D eigenvalue weighted by atomic mass is 9.63. The first-order chi connectivity index (χ1) is 15.0. The van der Waals surface area contributed by atoms with Gasteiger partial charge in [-0.3, -0.25) is 24.2 Å². The number of anilines is 1. The molecule has 7 rings (SSSR count). The topological polar surface area (TPSA) is 57.7 Å². The molecule has 3 fully saturated rings. The molecule has 2 aromatic carbocycles. The van der Waals surface area contributed by atoms with Crippen LogP contribution < -0.4 is 4.90 Å². The number of carbonyl (C=O) groups is 3. The van der Waals surface area contributed by atoms with Crippen molar-refractivity contribution in [2.24, 2.45) is 35.5 Å². The normalized spacial score (nSPS) is 32.1. The summed E-state index contributed by atoms with van der Waals surface area (Å²) in [6.45, 7) is -0.0885. The Hall–Kier alpha value is -2.92. The van der Waals surface area contributed by atoms with Gasteiger partial charge in [0.1, 0.15) is 6.67 Å². The predicted octanol–water partition coefficient (Wildman–Crippen LogP) is 4.00. The van der Waals surface area contributed by atoms with Crippen LogP contribution in [0.2, 0.25) is 5.02 Å². The van der Waals surface area contributed by atoms with Crippen molar-refractivity contribution in [1.82, 2.24) is 4.90 Å². The third kappa shape index (κ3) is 2.79. The molecular formula is C25H21ClN2O3. The van der Waals surface area contributed by atoms with Crippen LogP contribution in [0.5, 0.6) is 0 Å². The minimum absolute atomic E-state index is 0.0885. The maximum absolute atomic E-state index is 13.4. The van der Waals surface area contributed by atoms with Crippen molar-refractivity contribution >= 4 is 35.0 Å². The van der Waals surface area contributed by atoms with E-state index in [0.717, 1.165) is 6.42 Å². The lowest BCUT2D eigenvalue weighted by Gasteiger charge is -2.37. The van der Waals surface area contributed by atoms with Crippen molar-refractivity contribution in [3.8, 4) is 0 Å². The summed E-state index contributed by atoms with van der Waals surface area (Å²) in [5, 5.41) is 0.553. The summed E-state index contributed by atoms with van der Waals surface area (Å²) in [5.74, 6) is 0.333. The van der Waals surface area contributed by atoms with Crippen LogP contribution in [-0.2, 0) is 9.59 Å². The van der Waals surface area contributed by atoms with Gasteiger partial charge >= 0.3 is 0 Å². The average molecular weight is 433 g/mol. The van der Waals surface area contributed by atoms with Gasteiger partial charge in [0.2, 0.25) is 11.8 Å². The molecule has 0 radical (unpaired) electrons. The summed E-state index contributed by atoms with van der Waals surface area (Å²) in [6, 6.07) is 15.8. The predicted molar refractivity (Wildman–Crippen MR) is 116 cm³/mol. The number of likely N-dealkylation sites (tertiary alicyclic amines) is 1. The first-order valence-corrected chi connectivity index (χ1v) is 11.1. The third-order valence-electron chi connectivity index (χ3n) is 7.44. The summed E-state index contributed by atoms with van der Waals surface area (Å²) < 4.78 is 0. The minimum atomic E-state index is -0.273. The maximum Gasteiger partial charge on any atom is 0.259 e. The SMILES string of the molecule is O=C1[C@H]2[C@@H]3C=C[C@@H]([C@H]4C[C@H]34)[C@@H]2C(=O)N1CN(C(=O)c1ccccc1)c1ccc(Cl)cc1. The Kier molecular flexibility index (Phi) is 4.12. The Labute approximate surface area is 185 Å². The maximum atomic E-state index is 13.4. The lowest BCUT2D eigenvalue weighted by molar-refractivity contribution is -0.140. The molecule has 31 heavy (non-hydrogen) atoms. The van der Waals surface area contributed by atoms with E-state index in [2.05, 4.69) is 12.2 Å². The average Bonchev–Trinajstić information content (AvgIpc) is 3.58. The number of hydrogen-bond acceptors (Lipinski definition) is 3. The van der Waals surface area contributed by atoms with Crippen LogP contribution >= 0.6 is 11.6 Å². The molecule has 5 nitrogen and oxygen atoms in total. The highest BCUT2D eigenvalue weighted by atomic mass is 35.5. The number of halogens is 1. The van der Waals surface area contributed by atoms with E-state index in [1.54, 1.807) is 48.5 Å². The molecule has 3 amide bonds. The molecule has 0 spiro atoms. The first kappa shape index (κ1) is 18.8. The number of imide groups is 1. The van der Waals surface area contributed by atoms with Gasteiger partial charge in [-0.2, -0.15) is 0 Å². The van der Waals surface area contributed by atoms with Gasteiger partial charge in [-0.15, -0.1) is 0 Å². The zero-order chi connectivity index (χ0) is 21.3. The Morgan fingerprint density at radius 1 is 0.903 bits per heavy atom. The fourth-order valence-corrected chi connectivity index (χ4v) is 6.05. The highest BCUT2D eigenvalue weighted by Crippen LogP contribution is 2.65. The van der Waals surface area contributed by atoms with Crippen LogP contribution in [-0.4, -0.2) is 29.3 Å². The van der Waals surface area contributed by atoms with Gasteiger partial charge in [-0.25, -0.2) is 0 Å². The zero-order valence-electron chi connectivity index (χ0n) is 16.7. The number of amides is 3. The second kappa shape index (κ2) is 6.79. The molecule has 5 aliphatic rings. The van der Waals surface area contributed by atoms with E-state index in [-0.39, 0.29) is 48.1 Å². The smallest absolute Gasteiger partial charge is 0.259 e. The third-order valence-corrected chi connectivity index (χ3v) is 7.69. The van der Waals surface area contributed by atoms with E-state index in [1.807, 2.05) is 6.07 Å².